The van der Waals surface area contributed by atoms with Gasteiger partial charge in [-0.05, 0) is 19.1 Å². The lowest BCUT2D eigenvalue weighted by Crippen LogP contribution is -2.25. The van der Waals surface area contributed by atoms with Crippen molar-refractivity contribution in [2.24, 2.45) is 14.1 Å². The predicted octanol–water partition coefficient (Wildman–Crippen LogP) is 0.155. The molecule has 2 N–H and O–H groups in total. The van der Waals surface area contributed by atoms with Crippen LogP contribution < -0.4 is 11.3 Å². The first-order chi connectivity index (χ1) is 9.38. The Kier molecular flexibility index (Phi) is 3.53. The van der Waals surface area contributed by atoms with Gasteiger partial charge in [-0.1, -0.05) is 0 Å². The second-order valence-corrected chi connectivity index (χ2v) is 4.42. The summed E-state index contributed by atoms with van der Waals surface area (Å²) in [6.07, 6.45) is 0. The van der Waals surface area contributed by atoms with Crippen LogP contribution in [-0.2, 0) is 18.8 Å². The van der Waals surface area contributed by atoms with Crippen LogP contribution in [0.25, 0.3) is 11.2 Å². The molecule has 8 nitrogen and oxygen atoms in total. The molecule has 20 heavy (non-hydrogen) atoms. The van der Waals surface area contributed by atoms with Crippen LogP contribution in [-0.4, -0.2) is 31.7 Å². The molecule has 2 aromatic heterocycles. The van der Waals surface area contributed by atoms with Gasteiger partial charge in [-0.15, -0.1) is 0 Å². The Bertz CT molecular complexity index is 823. The molecule has 106 valence electrons. The summed E-state index contributed by atoms with van der Waals surface area (Å²) in [5.41, 5.74) is 5.32. The Hall–Kier alpha value is -2.29. The highest BCUT2D eigenvalue weighted by Gasteiger charge is 2.19. The van der Waals surface area contributed by atoms with Crippen LogP contribution in [0.15, 0.2) is 4.79 Å². The third-order valence-corrected chi connectivity index (χ3v) is 3.32. The van der Waals surface area contributed by atoms with Crippen LogP contribution in [0.2, 0.25) is 0 Å². The number of nitrogens with two attached hydrogens (primary N) is 1. The van der Waals surface area contributed by atoms with Crippen molar-refractivity contribution in [3.05, 3.63) is 20.8 Å². The molecule has 0 saturated carbocycles. The molecule has 2 aromatic rings. The minimum atomic E-state index is -0.716. The highest BCUT2D eigenvalue weighted by molar-refractivity contribution is 7.71. The first kappa shape index (κ1) is 14.1. The Balaban J connectivity index is 2.87. The molecule has 0 aliphatic rings. The van der Waals surface area contributed by atoms with Crippen molar-refractivity contribution >= 4 is 35.2 Å². The van der Waals surface area contributed by atoms with Gasteiger partial charge in [0, 0.05) is 14.1 Å². The average Bonchev–Trinajstić information content (AvgIpc) is 2.42. The zero-order valence-electron chi connectivity index (χ0n) is 11.2. The van der Waals surface area contributed by atoms with Gasteiger partial charge in [-0.25, -0.2) is 14.8 Å². The van der Waals surface area contributed by atoms with Gasteiger partial charge in [-0.3, -0.25) is 9.36 Å². The van der Waals surface area contributed by atoms with Crippen LogP contribution in [0.4, 0.5) is 5.82 Å². The molecule has 0 amide bonds. The maximum absolute atomic E-state index is 12.1. The number of nitrogen functional groups attached to an aromatic ring is 1. The van der Waals surface area contributed by atoms with E-state index in [2.05, 4.69) is 9.97 Å². The van der Waals surface area contributed by atoms with Gasteiger partial charge >= 0.3 is 5.97 Å². The highest BCUT2D eigenvalue weighted by atomic mass is 32.1. The van der Waals surface area contributed by atoms with Crippen molar-refractivity contribution in [2.75, 3.05) is 12.3 Å². The lowest BCUT2D eigenvalue weighted by atomic mass is 10.3. The summed E-state index contributed by atoms with van der Waals surface area (Å²) >= 11 is 5.10. The Morgan fingerprint density at radius 1 is 1.35 bits per heavy atom. The van der Waals surface area contributed by atoms with Gasteiger partial charge < -0.3 is 15.0 Å². The minimum Gasteiger partial charge on any atom is -0.461 e. The van der Waals surface area contributed by atoms with E-state index in [4.69, 9.17) is 22.7 Å². The zero-order valence-corrected chi connectivity index (χ0v) is 12.0. The lowest BCUT2D eigenvalue weighted by Gasteiger charge is -2.10. The van der Waals surface area contributed by atoms with Crippen LogP contribution in [0.1, 0.15) is 17.4 Å². The fraction of sp³-hybridized carbons (Fsp3) is 0.364. The molecule has 0 unspecified atom stereocenters. The van der Waals surface area contributed by atoms with Crippen molar-refractivity contribution < 1.29 is 9.53 Å². The number of rotatable bonds is 2. The molecule has 9 heteroatoms. The molecule has 0 radical (unpaired) electrons. The third kappa shape index (κ3) is 2.05. The molecule has 0 aliphatic heterocycles. The number of carbonyl (C=O) groups excluding carboxylic acids is 1. The maximum Gasteiger partial charge on any atom is 0.360 e. The van der Waals surface area contributed by atoms with Gasteiger partial charge in [0.15, 0.2) is 27.4 Å². The number of hydrogen-bond donors (Lipinski definition) is 1. The van der Waals surface area contributed by atoms with Gasteiger partial charge in [-0.2, -0.15) is 0 Å². The van der Waals surface area contributed by atoms with Crippen molar-refractivity contribution in [2.45, 2.75) is 6.92 Å². The summed E-state index contributed by atoms with van der Waals surface area (Å²) in [6.45, 7) is 1.83. The van der Waals surface area contributed by atoms with E-state index in [0.717, 1.165) is 0 Å². The van der Waals surface area contributed by atoms with Crippen molar-refractivity contribution in [1.82, 2.24) is 19.1 Å². The highest BCUT2D eigenvalue weighted by Crippen LogP contribution is 2.13. The number of carbonyl (C=O) groups is 1. The van der Waals surface area contributed by atoms with E-state index in [9.17, 15) is 9.59 Å². The van der Waals surface area contributed by atoms with Crippen LogP contribution in [0, 0.1) is 4.77 Å². The first-order valence-electron chi connectivity index (χ1n) is 5.78. The Morgan fingerprint density at radius 2 is 2.00 bits per heavy atom. The molecule has 2 rings (SSSR count). The second kappa shape index (κ2) is 5.00. The number of aromatic nitrogens is 4. The standard InChI is InChI=1S/C11H13N5O3S/c1-4-19-10(18)5-7(12)14-8-6(13-5)9(17)16(3)11(20)15(8)2/h4H2,1-3H3,(H2,12,14). The minimum absolute atomic E-state index is 0.0147. The van der Waals surface area contributed by atoms with Gasteiger partial charge in [0.05, 0.1) is 6.61 Å². The van der Waals surface area contributed by atoms with Crippen molar-refractivity contribution in [1.29, 1.82) is 0 Å². The molecule has 0 fully saturated rings. The number of esters is 1. The smallest absolute Gasteiger partial charge is 0.360 e. The summed E-state index contributed by atoms with van der Waals surface area (Å²) in [5, 5.41) is 0. The number of nitrogens with zero attached hydrogens (tertiary/aromatic N) is 4. The van der Waals surface area contributed by atoms with Crippen molar-refractivity contribution in [3.8, 4) is 0 Å². The number of fused-ring (bicyclic) bond motifs is 1. The average molecular weight is 295 g/mol. The van der Waals surface area contributed by atoms with Crippen molar-refractivity contribution in [3.63, 3.8) is 0 Å². The van der Waals surface area contributed by atoms with Gasteiger partial charge in [0.25, 0.3) is 5.56 Å². The van der Waals surface area contributed by atoms with Crippen LogP contribution in [0.3, 0.4) is 0 Å². The number of aryl methyl sites for hydroxylation is 1. The summed E-state index contributed by atoms with van der Waals surface area (Å²) in [4.78, 5) is 31.9. The first-order valence-corrected chi connectivity index (χ1v) is 6.19. The molecule has 2 heterocycles. The molecule has 0 spiro atoms. The number of anilines is 1. The summed E-state index contributed by atoms with van der Waals surface area (Å²) in [5.74, 6) is -0.819. The fourth-order valence-electron chi connectivity index (χ4n) is 1.73. The van der Waals surface area contributed by atoms with E-state index in [1.165, 1.54) is 16.2 Å². The molecular weight excluding hydrogens is 282 g/mol. The lowest BCUT2D eigenvalue weighted by molar-refractivity contribution is 0.0521. The topological polar surface area (TPSA) is 105 Å². The predicted molar refractivity (Wildman–Crippen MR) is 75.0 cm³/mol. The summed E-state index contributed by atoms with van der Waals surface area (Å²) in [6, 6.07) is 0. The van der Waals surface area contributed by atoms with Crippen LogP contribution >= 0.6 is 12.2 Å². The second-order valence-electron chi connectivity index (χ2n) is 4.06. The molecule has 0 saturated heterocycles. The van der Waals surface area contributed by atoms with Crippen LogP contribution in [0.5, 0.6) is 0 Å². The van der Waals surface area contributed by atoms with Gasteiger partial charge in [0.2, 0.25) is 0 Å². The molecule has 0 atom stereocenters. The summed E-state index contributed by atoms with van der Waals surface area (Å²) in [7, 11) is 3.16. The largest absolute Gasteiger partial charge is 0.461 e. The molecular formula is C11H13N5O3S. The molecule has 0 aromatic carbocycles. The normalized spacial score (nSPS) is 10.8. The Labute approximate surface area is 118 Å². The Morgan fingerprint density at radius 3 is 2.60 bits per heavy atom. The quantitative estimate of drug-likeness (QED) is 0.621. The number of ether oxygens (including phenoxy) is 1. The zero-order chi connectivity index (χ0) is 15.0. The summed E-state index contributed by atoms with van der Waals surface area (Å²) < 4.78 is 7.85. The third-order valence-electron chi connectivity index (χ3n) is 2.77. The van der Waals surface area contributed by atoms with Gasteiger partial charge in [0.1, 0.15) is 0 Å². The number of hydrogen-bond acceptors (Lipinski definition) is 7. The van der Waals surface area contributed by atoms with E-state index < -0.39 is 11.5 Å². The SMILES string of the molecule is CCOC(=O)c1nc2c(=O)n(C)c(=S)n(C)c2nc1N. The van der Waals surface area contributed by atoms with E-state index in [1.807, 2.05) is 0 Å². The fourth-order valence-corrected chi connectivity index (χ4v) is 1.90. The van der Waals surface area contributed by atoms with E-state index >= 15 is 0 Å². The monoisotopic (exact) mass is 295 g/mol. The maximum atomic E-state index is 12.1. The molecule has 0 bridgehead atoms. The van der Waals surface area contributed by atoms with E-state index in [1.54, 1.807) is 14.0 Å². The molecule has 0 aliphatic carbocycles. The van der Waals surface area contributed by atoms with E-state index in [-0.39, 0.29) is 34.1 Å². The van der Waals surface area contributed by atoms with E-state index in [0.29, 0.717) is 0 Å².